The average molecular weight is 552 g/mol. The molecule has 0 aliphatic rings. The van der Waals surface area contributed by atoms with Gasteiger partial charge in [-0.3, -0.25) is 0 Å². The molecule has 4 aromatic heterocycles. The molecule has 0 unspecified atom stereocenters. The van der Waals surface area contributed by atoms with Gasteiger partial charge in [-0.15, -0.1) is 45.3 Å². The molecule has 0 saturated carbocycles. The van der Waals surface area contributed by atoms with Crippen molar-refractivity contribution in [3.05, 3.63) is 56.8 Å². The van der Waals surface area contributed by atoms with Crippen LogP contribution in [0.1, 0.15) is 47.9 Å². The fourth-order valence-electron chi connectivity index (χ4n) is 3.98. The summed E-state index contributed by atoms with van der Waals surface area (Å²) in [5, 5.41) is 31.4. The first kappa shape index (κ1) is 26.1. The molecule has 0 atom stereocenters. The minimum Gasteiger partial charge on any atom is -0.465 e. The van der Waals surface area contributed by atoms with Crippen LogP contribution in [0.15, 0.2) is 29.6 Å². The molecular formula is C27H25N3O2S4. The monoisotopic (exact) mass is 551 g/mol. The van der Waals surface area contributed by atoms with Gasteiger partial charge in [0.1, 0.15) is 12.1 Å². The van der Waals surface area contributed by atoms with E-state index in [2.05, 4.69) is 30.3 Å². The summed E-state index contributed by atoms with van der Waals surface area (Å²) in [5.41, 5.74) is 2.64. The minimum atomic E-state index is -0.907. The summed E-state index contributed by atoms with van der Waals surface area (Å²) in [5.74, 6) is 0. The molecule has 9 heteroatoms. The number of carbonyl (C=O) groups is 1. The lowest BCUT2D eigenvalue weighted by molar-refractivity contribution is 0.101. The van der Waals surface area contributed by atoms with Gasteiger partial charge in [0, 0.05) is 36.5 Å². The van der Waals surface area contributed by atoms with Gasteiger partial charge in [-0.1, -0.05) is 0 Å². The molecule has 5 nitrogen and oxygen atoms in total. The van der Waals surface area contributed by atoms with Crippen LogP contribution in [0.25, 0.3) is 29.3 Å². The van der Waals surface area contributed by atoms with Gasteiger partial charge in [0.2, 0.25) is 0 Å². The number of hydrogen-bond donors (Lipinski definition) is 1. The third-order valence-electron chi connectivity index (χ3n) is 5.85. The summed E-state index contributed by atoms with van der Waals surface area (Å²) in [6.07, 6.45) is -0.250. The SMILES string of the molecule is Cc1ccsc1-c1sc(-c2sc(-c3ccc(CCN(C(=O)O)C(C)(C)C)s3)cc2C)c(C#N)c1C#N. The third kappa shape index (κ3) is 4.98. The largest absolute Gasteiger partial charge is 0.465 e. The lowest BCUT2D eigenvalue weighted by Crippen LogP contribution is -2.45. The van der Waals surface area contributed by atoms with Crippen molar-refractivity contribution < 1.29 is 9.90 Å². The van der Waals surface area contributed by atoms with Gasteiger partial charge in [0.15, 0.2) is 0 Å². The van der Waals surface area contributed by atoms with E-state index in [4.69, 9.17) is 0 Å². The normalized spacial score (nSPS) is 11.3. The van der Waals surface area contributed by atoms with Crippen molar-refractivity contribution >= 4 is 51.4 Å². The Morgan fingerprint density at radius 2 is 1.58 bits per heavy atom. The molecule has 0 spiro atoms. The number of rotatable bonds is 6. The van der Waals surface area contributed by atoms with Crippen molar-refractivity contribution in [3.63, 3.8) is 0 Å². The summed E-state index contributed by atoms with van der Waals surface area (Å²) in [7, 11) is 0. The number of nitrogens with zero attached hydrogens (tertiary/aromatic N) is 3. The van der Waals surface area contributed by atoms with E-state index in [9.17, 15) is 20.4 Å². The van der Waals surface area contributed by atoms with E-state index in [0.717, 1.165) is 45.3 Å². The van der Waals surface area contributed by atoms with Crippen LogP contribution in [0.4, 0.5) is 4.79 Å². The number of aryl methyl sites for hydroxylation is 2. The Balaban J connectivity index is 1.66. The number of nitriles is 2. The van der Waals surface area contributed by atoms with Gasteiger partial charge in [-0.2, -0.15) is 10.5 Å². The maximum absolute atomic E-state index is 11.7. The van der Waals surface area contributed by atoms with Crippen LogP contribution >= 0.6 is 45.3 Å². The predicted molar refractivity (Wildman–Crippen MR) is 151 cm³/mol. The first-order valence-corrected chi connectivity index (χ1v) is 14.6. The van der Waals surface area contributed by atoms with E-state index in [1.54, 1.807) is 34.0 Å². The topological polar surface area (TPSA) is 88.1 Å². The second kappa shape index (κ2) is 10.2. The zero-order chi connectivity index (χ0) is 26.2. The highest BCUT2D eigenvalue weighted by atomic mass is 32.1. The van der Waals surface area contributed by atoms with E-state index < -0.39 is 11.6 Å². The van der Waals surface area contributed by atoms with E-state index in [0.29, 0.717) is 24.1 Å². The van der Waals surface area contributed by atoms with Crippen LogP contribution in [-0.4, -0.2) is 28.2 Å². The number of hydrogen-bond acceptors (Lipinski definition) is 7. The summed E-state index contributed by atoms with van der Waals surface area (Å²) < 4.78 is 0. The van der Waals surface area contributed by atoms with Crippen molar-refractivity contribution in [1.29, 1.82) is 10.5 Å². The Morgan fingerprint density at radius 1 is 0.917 bits per heavy atom. The van der Waals surface area contributed by atoms with Crippen molar-refractivity contribution in [3.8, 4) is 41.4 Å². The molecule has 1 N–H and O–H groups in total. The van der Waals surface area contributed by atoms with Crippen LogP contribution in [-0.2, 0) is 6.42 Å². The third-order valence-corrected chi connectivity index (χ3v) is 11.0. The average Bonchev–Trinajstić information content (AvgIpc) is 3.57. The second-order valence-electron chi connectivity index (χ2n) is 9.41. The second-order valence-corrected chi connectivity index (χ2v) is 13.6. The number of amides is 1. The summed E-state index contributed by atoms with van der Waals surface area (Å²) in [4.78, 5) is 20.3. The van der Waals surface area contributed by atoms with Crippen molar-refractivity contribution in [2.45, 2.75) is 46.6 Å². The molecule has 0 aliphatic heterocycles. The molecule has 0 aromatic carbocycles. The molecule has 184 valence electrons. The molecule has 4 heterocycles. The Hall–Kier alpha value is -2.95. The molecule has 0 saturated heterocycles. The van der Waals surface area contributed by atoms with Crippen molar-refractivity contribution in [2.75, 3.05) is 6.54 Å². The molecule has 4 rings (SSSR count). The van der Waals surface area contributed by atoms with Gasteiger partial charge in [0.05, 0.1) is 20.9 Å². The zero-order valence-electron chi connectivity index (χ0n) is 20.6. The Morgan fingerprint density at radius 3 is 2.14 bits per heavy atom. The number of carboxylic acid groups (broad SMARTS) is 1. The summed E-state index contributed by atoms with van der Waals surface area (Å²) in [6.45, 7) is 10.2. The van der Waals surface area contributed by atoms with Crippen LogP contribution < -0.4 is 0 Å². The Kier molecular flexibility index (Phi) is 7.40. The van der Waals surface area contributed by atoms with Gasteiger partial charge in [-0.05, 0) is 81.8 Å². The molecule has 0 aliphatic carbocycles. The van der Waals surface area contributed by atoms with Crippen molar-refractivity contribution in [2.24, 2.45) is 0 Å². The van der Waals surface area contributed by atoms with Crippen LogP contribution in [0.3, 0.4) is 0 Å². The van der Waals surface area contributed by atoms with E-state index in [1.165, 1.54) is 16.2 Å². The quantitative estimate of drug-likeness (QED) is 0.260. The standard InChI is InChI=1S/C27H25N3O2S4/c1-15-9-11-33-22(15)24-18(13-28)19(14-29)25(36-24)23-16(2)12-21(35-23)20-7-6-17(34-20)8-10-30(26(31)32)27(3,4)5/h6-7,9,11-12H,8,10H2,1-5H3,(H,31,32). The summed E-state index contributed by atoms with van der Waals surface area (Å²) >= 11 is 6.42. The molecule has 0 radical (unpaired) electrons. The minimum absolute atomic E-state index is 0.441. The summed E-state index contributed by atoms with van der Waals surface area (Å²) in [6, 6.07) is 12.9. The van der Waals surface area contributed by atoms with Crippen LogP contribution in [0.2, 0.25) is 0 Å². The maximum atomic E-state index is 11.7. The molecule has 36 heavy (non-hydrogen) atoms. The first-order chi connectivity index (χ1) is 17.0. The number of thiophene rings is 4. The smallest absolute Gasteiger partial charge is 0.407 e. The van der Waals surface area contributed by atoms with Gasteiger partial charge < -0.3 is 10.0 Å². The maximum Gasteiger partial charge on any atom is 0.407 e. The van der Waals surface area contributed by atoms with E-state index >= 15 is 0 Å². The first-order valence-electron chi connectivity index (χ1n) is 11.3. The molecular weight excluding hydrogens is 527 g/mol. The lowest BCUT2D eigenvalue weighted by Gasteiger charge is -2.33. The van der Waals surface area contributed by atoms with Crippen LogP contribution in [0, 0.1) is 36.5 Å². The lowest BCUT2D eigenvalue weighted by atomic mass is 10.1. The highest BCUT2D eigenvalue weighted by Gasteiger charge is 2.26. The van der Waals surface area contributed by atoms with E-state index in [-0.39, 0.29) is 0 Å². The highest BCUT2D eigenvalue weighted by Crippen LogP contribution is 2.49. The van der Waals surface area contributed by atoms with Crippen molar-refractivity contribution in [1.82, 2.24) is 4.90 Å². The van der Waals surface area contributed by atoms with Gasteiger partial charge in [0.25, 0.3) is 0 Å². The highest BCUT2D eigenvalue weighted by molar-refractivity contribution is 7.28. The molecule has 0 bridgehead atoms. The Bertz CT molecular complexity index is 1520. The molecule has 1 amide bonds. The zero-order valence-corrected chi connectivity index (χ0v) is 23.9. The molecule has 4 aromatic rings. The Labute approximate surface area is 227 Å². The van der Waals surface area contributed by atoms with Gasteiger partial charge in [-0.25, -0.2) is 4.79 Å². The van der Waals surface area contributed by atoms with E-state index in [1.807, 2.05) is 46.1 Å². The van der Waals surface area contributed by atoms with Gasteiger partial charge >= 0.3 is 6.09 Å². The molecule has 0 fully saturated rings. The predicted octanol–water partition coefficient (Wildman–Crippen LogP) is 8.61. The van der Waals surface area contributed by atoms with Crippen LogP contribution in [0.5, 0.6) is 0 Å². The fraction of sp³-hybridized carbons (Fsp3) is 0.296. The fourth-order valence-corrected chi connectivity index (χ4v) is 8.78.